The Morgan fingerprint density at radius 2 is 1.45 bits per heavy atom. The first-order valence-corrected chi connectivity index (χ1v) is 17.2. The number of anilines is 1. The van der Waals surface area contributed by atoms with Gasteiger partial charge in [-0.2, -0.15) is 13.2 Å². The van der Waals surface area contributed by atoms with Crippen molar-refractivity contribution in [3.8, 4) is 17.5 Å². The summed E-state index contributed by atoms with van der Waals surface area (Å²) in [5.74, 6) is -3.07. The van der Waals surface area contributed by atoms with Gasteiger partial charge in [0, 0.05) is 0 Å². The third-order valence-electron chi connectivity index (χ3n) is 7.13. The molecule has 0 unspecified atom stereocenters. The maximum absolute atomic E-state index is 14.9. The van der Waals surface area contributed by atoms with E-state index in [1.807, 2.05) is 0 Å². The van der Waals surface area contributed by atoms with Crippen LogP contribution >= 0.6 is 0 Å². The molecule has 2 aromatic heterocycles. The van der Waals surface area contributed by atoms with Gasteiger partial charge in [-0.15, -0.1) is 0 Å². The quantitative estimate of drug-likeness (QED) is 0.162. The van der Waals surface area contributed by atoms with Crippen molar-refractivity contribution in [2.45, 2.75) is 111 Å². The molecule has 0 saturated heterocycles. The average Bonchev–Trinajstić information content (AvgIpc) is 3.49. The Labute approximate surface area is 326 Å². The van der Waals surface area contributed by atoms with Crippen LogP contribution in [0.25, 0.3) is 11.6 Å². The van der Waals surface area contributed by atoms with E-state index in [-0.39, 0.29) is 11.5 Å². The van der Waals surface area contributed by atoms with Crippen molar-refractivity contribution in [1.82, 2.24) is 15.2 Å². The summed E-state index contributed by atoms with van der Waals surface area (Å²) in [7, 11) is 0. The third-order valence-corrected chi connectivity index (χ3v) is 7.49. The van der Waals surface area contributed by atoms with Gasteiger partial charge in [0.25, 0.3) is 0 Å². The van der Waals surface area contributed by atoms with Gasteiger partial charge in [0.2, 0.25) is 0 Å². The third kappa shape index (κ3) is 11.6. The van der Waals surface area contributed by atoms with E-state index >= 15 is 0 Å². The van der Waals surface area contributed by atoms with E-state index in [1.165, 1.54) is 53.7 Å². The summed E-state index contributed by atoms with van der Waals surface area (Å²) in [6.07, 6.45) is -13.7. The van der Waals surface area contributed by atoms with Crippen molar-refractivity contribution >= 4 is 20.1 Å². The normalized spacial score (nSPS) is 14.0. The zero-order valence-electron chi connectivity index (χ0n) is 30.6. The van der Waals surface area contributed by atoms with Gasteiger partial charge in [0.1, 0.15) is 11.2 Å². The second-order valence-corrected chi connectivity index (χ2v) is 15.4. The molecule has 0 aliphatic carbocycles. The number of aromatic nitrogens is 3. The van der Waals surface area contributed by atoms with Crippen LogP contribution in [0.1, 0.15) is 92.2 Å². The summed E-state index contributed by atoms with van der Waals surface area (Å²) in [5.41, 5.74) is -9.45. The molecule has 0 fully saturated rings. The topological polar surface area (TPSA) is 126 Å². The van der Waals surface area contributed by atoms with Gasteiger partial charge >= 0.3 is 201 Å². The van der Waals surface area contributed by atoms with Crippen molar-refractivity contribution in [2.75, 3.05) is 11.5 Å². The maximum atomic E-state index is 14.9. The number of rotatable bonds is 12. The monoisotopic (exact) mass is 913 g/mol. The first kappa shape index (κ1) is 44.1. The van der Waals surface area contributed by atoms with E-state index in [1.54, 1.807) is 34.3 Å². The summed E-state index contributed by atoms with van der Waals surface area (Å²) < 4.78 is 118. The number of carbonyl (C=O) groups excluding carboxylic acids is 2. The Bertz CT molecular complexity index is 1720. The molecule has 3 aromatic rings. The molecule has 2 amide bonds. The summed E-state index contributed by atoms with van der Waals surface area (Å²) in [6.45, 7) is 12.3. The molecule has 0 spiro atoms. The Balaban J connectivity index is 2.39. The van der Waals surface area contributed by atoms with Gasteiger partial charge in [-0.3, -0.25) is 0 Å². The van der Waals surface area contributed by atoms with Gasteiger partial charge in [-0.05, 0) is 53.5 Å². The number of nitrogens with zero attached hydrogens (tertiary/aromatic N) is 4. The van der Waals surface area contributed by atoms with E-state index in [0.717, 1.165) is 6.92 Å². The number of halogens is 6. The number of ether oxygens (including phenoxy) is 4. The fraction of sp³-hybridized carbons (Fsp3) is 0.543. The molecule has 11 nitrogen and oxygen atoms in total. The number of alkyl halides is 6. The molecule has 0 bridgehead atoms. The van der Waals surface area contributed by atoms with Crippen LogP contribution in [-0.2, 0) is 32.6 Å². The average molecular weight is 914 g/mol. The molecule has 0 saturated carbocycles. The number of benzene rings is 1. The number of hydrogen-bond acceptors (Lipinski definition) is 10. The molecule has 0 aliphatic heterocycles. The van der Waals surface area contributed by atoms with Crippen LogP contribution < -0.4 is 9.64 Å². The molecule has 3 rings (SSSR count). The Kier molecular flexibility index (Phi) is 13.8. The first-order valence-electron chi connectivity index (χ1n) is 16.2. The summed E-state index contributed by atoms with van der Waals surface area (Å²) in [5, 5.41) is 7.33. The fourth-order valence-corrected chi connectivity index (χ4v) is 5.45. The minimum absolute atomic E-state index is 0.122. The second-order valence-electron chi connectivity index (χ2n) is 14.6. The van der Waals surface area contributed by atoms with Crippen molar-refractivity contribution in [2.24, 2.45) is 5.41 Å². The minimum atomic E-state index is -5.20. The molecular weight excluding hydrogens is 871 g/mol. The second kappa shape index (κ2) is 16.6. The Morgan fingerprint density at radius 3 is 1.92 bits per heavy atom. The smallest absolute Gasteiger partial charge is 0.167 e. The Morgan fingerprint density at radius 1 is 0.887 bits per heavy atom. The van der Waals surface area contributed by atoms with Crippen LogP contribution in [0.3, 0.4) is 0 Å². The van der Waals surface area contributed by atoms with Crippen LogP contribution in [0.2, 0.25) is 0 Å². The van der Waals surface area contributed by atoms with Crippen molar-refractivity contribution < 1.29 is 93.7 Å². The van der Waals surface area contributed by atoms with Crippen molar-refractivity contribution in [3.63, 3.8) is 0 Å². The molecule has 0 aliphatic rings. The van der Waals surface area contributed by atoms with Crippen LogP contribution in [-0.4, -0.2) is 53.6 Å². The molecule has 0 radical (unpaired) electrons. The first-order chi connectivity index (χ1) is 24.2. The van der Waals surface area contributed by atoms with Crippen molar-refractivity contribution in [3.05, 3.63) is 53.4 Å². The van der Waals surface area contributed by atoms with Crippen molar-refractivity contribution in [1.29, 1.82) is 0 Å². The molecule has 18 heteroatoms. The van der Waals surface area contributed by atoms with Gasteiger partial charge < -0.3 is 4.74 Å². The number of pyridine rings is 1. The predicted molar refractivity (Wildman–Crippen MR) is 177 cm³/mol. The number of hydrogen-bond donors (Lipinski definition) is 0. The minimum Gasteiger partial charge on any atom is -0.167 e. The number of imide groups is 1. The van der Waals surface area contributed by atoms with Gasteiger partial charge in [0.05, 0.1) is 6.61 Å². The maximum Gasteiger partial charge on any atom is 0.426 e. The Hall–Kier alpha value is -3.31. The van der Waals surface area contributed by atoms with Crippen LogP contribution in [0.4, 0.5) is 41.6 Å². The number of carbonyl (C=O) groups is 2. The molecule has 1 atom stereocenters. The van der Waals surface area contributed by atoms with Crippen LogP contribution in [0.15, 0.2) is 40.8 Å². The van der Waals surface area contributed by atoms with Crippen LogP contribution in [0, 0.1) is 39.9 Å². The van der Waals surface area contributed by atoms with E-state index in [0.29, 0.717) is 18.1 Å². The summed E-state index contributed by atoms with van der Waals surface area (Å²) in [6, 6.07) is 8.29. The molecule has 53 heavy (non-hydrogen) atoms. The fourth-order valence-electron chi connectivity index (χ4n) is 4.47. The standard InChI is InChI=1S/C35H42F6N4O7.Tm/c1-11-32(9,10)20-48-25-22(34(36,37)38)18-23(45(28(46)51-30(3,4)5)29(47)52-31(6,7)8)24(42-25)26-43-44-27(50-26)33(12-2,35(39,40)41)49-19-21-16-14-13-15-17-21;/h1,13-18H,11-12,19-20H2,2-10H3;/t33-;/m1./s1. The van der Waals surface area contributed by atoms with Crippen LogP contribution in [0.5, 0.6) is 5.88 Å². The summed E-state index contributed by atoms with van der Waals surface area (Å²) in [4.78, 5) is 31.4. The molecular formula is C35H42F6N4O7Tm. The van der Waals surface area contributed by atoms with E-state index in [2.05, 4.69) is 49.6 Å². The van der Waals surface area contributed by atoms with Gasteiger partial charge in [-0.1, -0.05) is 37.3 Å². The molecule has 299 valence electrons. The largest absolute Gasteiger partial charge is 0.426 e. The zero-order chi connectivity index (χ0) is 40.2. The molecule has 2 heterocycles. The number of amides is 2. The van der Waals surface area contributed by atoms with E-state index in [9.17, 15) is 35.9 Å². The SMILES string of the molecule is CC[C@@](OCc1ccccc1)(c1nnc(-c2nc(OCC(C)(C)C[CH]=[Tm])c(C(F)(F)F)cc2N(C(=O)OC(C)(C)C)C(=O)OC(C)(C)C)o1)C(F)(F)F. The van der Waals surface area contributed by atoms with E-state index < -0.39 is 94.4 Å². The van der Waals surface area contributed by atoms with E-state index in [4.69, 9.17) is 23.4 Å². The predicted octanol–water partition coefficient (Wildman–Crippen LogP) is 9.36. The molecule has 0 N–H and O–H groups in total. The summed E-state index contributed by atoms with van der Waals surface area (Å²) >= 11 is 2.59. The zero-order valence-corrected chi connectivity index (χ0v) is 32.3. The van der Waals surface area contributed by atoms with Gasteiger partial charge in [-0.25, -0.2) is 0 Å². The van der Waals surface area contributed by atoms with Gasteiger partial charge in [0.15, 0.2) is 0 Å². The molecule has 1 aromatic carbocycles.